The molecule has 0 aromatic heterocycles. The number of ketones is 1. The van der Waals surface area contributed by atoms with Crippen LogP contribution in [0.1, 0.15) is 78.6 Å². The fourth-order valence-corrected chi connectivity index (χ4v) is 7.30. The second-order valence-corrected chi connectivity index (χ2v) is 9.52. The minimum atomic E-state index is 0.333. The zero-order chi connectivity index (χ0) is 14.8. The first kappa shape index (κ1) is 14.3. The molecule has 118 valence electrons. The monoisotopic (exact) mass is 288 g/mol. The molecule has 21 heavy (non-hydrogen) atoms. The predicted octanol–water partition coefficient (Wildman–Crippen LogP) is 5.23. The Kier molecular flexibility index (Phi) is 3.12. The zero-order valence-electron chi connectivity index (χ0n) is 14.2. The highest BCUT2D eigenvalue weighted by atomic mass is 16.1. The van der Waals surface area contributed by atoms with E-state index in [9.17, 15) is 4.79 Å². The van der Waals surface area contributed by atoms with Crippen LogP contribution in [-0.4, -0.2) is 5.78 Å². The van der Waals surface area contributed by atoms with Gasteiger partial charge in [-0.1, -0.05) is 27.2 Å². The molecule has 4 saturated carbocycles. The van der Waals surface area contributed by atoms with Crippen LogP contribution in [0.5, 0.6) is 0 Å². The van der Waals surface area contributed by atoms with Gasteiger partial charge in [-0.15, -0.1) is 0 Å². The van der Waals surface area contributed by atoms with Crippen LogP contribution in [0.3, 0.4) is 0 Å². The summed E-state index contributed by atoms with van der Waals surface area (Å²) in [7, 11) is 0. The molecule has 0 bridgehead atoms. The third kappa shape index (κ3) is 1.91. The Morgan fingerprint density at radius 3 is 2.62 bits per heavy atom. The van der Waals surface area contributed by atoms with Crippen LogP contribution in [0.15, 0.2) is 0 Å². The van der Waals surface area contributed by atoms with Gasteiger partial charge >= 0.3 is 0 Å². The van der Waals surface area contributed by atoms with Gasteiger partial charge in [-0.3, -0.25) is 4.79 Å². The highest BCUT2D eigenvalue weighted by Crippen LogP contribution is 2.66. The van der Waals surface area contributed by atoms with Gasteiger partial charge in [0, 0.05) is 12.3 Å². The number of Topliss-reactive ketones (excluding diaryl/α,β-unsaturated/α-hetero) is 1. The quantitative estimate of drug-likeness (QED) is 0.596. The Balaban J connectivity index is 1.65. The summed E-state index contributed by atoms with van der Waals surface area (Å²) >= 11 is 0. The van der Waals surface area contributed by atoms with Crippen molar-refractivity contribution in [3.8, 4) is 0 Å². The average Bonchev–Trinajstić information content (AvgIpc) is 2.82. The molecule has 1 nitrogen and oxygen atoms in total. The van der Waals surface area contributed by atoms with Gasteiger partial charge in [0.25, 0.3) is 0 Å². The summed E-state index contributed by atoms with van der Waals surface area (Å²) in [4.78, 5) is 12.4. The standard InChI is InChI=1S/C20H32O/c1-13-11-14-6-7-15-16-5-4-9-19(16,2)10-8-17(15)20(14,3)12-18(13)21/h13-17H,4-12H2,1-3H3/t13?,14?,15-,16-,17+,19-,20-/m0/s1. The van der Waals surface area contributed by atoms with Crippen LogP contribution in [0.2, 0.25) is 0 Å². The molecule has 7 atom stereocenters. The van der Waals surface area contributed by atoms with Crippen LogP contribution in [-0.2, 0) is 4.79 Å². The van der Waals surface area contributed by atoms with Crippen molar-refractivity contribution in [1.82, 2.24) is 0 Å². The molecule has 0 amide bonds. The maximum atomic E-state index is 12.4. The van der Waals surface area contributed by atoms with Crippen LogP contribution in [0.25, 0.3) is 0 Å². The van der Waals surface area contributed by atoms with E-state index in [4.69, 9.17) is 0 Å². The lowest BCUT2D eigenvalue weighted by atomic mass is 9.44. The number of rotatable bonds is 0. The van der Waals surface area contributed by atoms with Crippen molar-refractivity contribution in [1.29, 1.82) is 0 Å². The topological polar surface area (TPSA) is 17.1 Å². The van der Waals surface area contributed by atoms with Crippen molar-refractivity contribution in [3.05, 3.63) is 0 Å². The second kappa shape index (κ2) is 4.59. The number of hydrogen-bond acceptors (Lipinski definition) is 1. The van der Waals surface area contributed by atoms with Gasteiger partial charge in [-0.2, -0.15) is 0 Å². The van der Waals surface area contributed by atoms with Crippen LogP contribution >= 0.6 is 0 Å². The van der Waals surface area contributed by atoms with Gasteiger partial charge < -0.3 is 0 Å². The third-order valence-corrected chi connectivity index (χ3v) is 8.59. The first-order chi connectivity index (χ1) is 9.94. The summed E-state index contributed by atoms with van der Waals surface area (Å²) in [6.07, 6.45) is 12.2. The predicted molar refractivity (Wildman–Crippen MR) is 85.9 cm³/mol. The summed E-state index contributed by atoms with van der Waals surface area (Å²) in [5.41, 5.74) is 0.993. The van der Waals surface area contributed by atoms with Crippen molar-refractivity contribution in [2.75, 3.05) is 0 Å². The Morgan fingerprint density at radius 1 is 1.00 bits per heavy atom. The van der Waals surface area contributed by atoms with Crippen molar-refractivity contribution >= 4 is 5.78 Å². The van der Waals surface area contributed by atoms with E-state index in [0.29, 0.717) is 22.5 Å². The van der Waals surface area contributed by atoms with E-state index in [1.807, 2.05) is 0 Å². The summed E-state index contributed by atoms with van der Waals surface area (Å²) in [5, 5.41) is 0. The van der Waals surface area contributed by atoms with E-state index in [1.165, 1.54) is 51.4 Å². The molecule has 4 aliphatic rings. The Morgan fingerprint density at radius 2 is 1.81 bits per heavy atom. The van der Waals surface area contributed by atoms with E-state index >= 15 is 0 Å². The molecule has 0 aliphatic heterocycles. The fourth-order valence-electron chi connectivity index (χ4n) is 7.30. The van der Waals surface area contributed by atoms with Crippen molar-refractivity contribution in [3.63, 3.8) is 0 Å². The molecule has 0 N–H and O–H groups in total. The lowest BCUT2D eigenvalue weighted by Crippen LogP contribution is -2.54. The first-order valence-corrected chi connectivity index (χ1v) is 9.47. The van der Waals surface area contributed by atoms with Gasteiger partial charge in [0.1, 0.15) is 5.78 Å². The van der Waals surface area contributed by atoms with Crippen molar-refractivity contribution in [2.24, 2.45) is 40.4 Å². The van der Waals surface area contributed by atoms with Gasteiger partial charge in [0.15, 0.2) is 0 Å². The van der Waals surface area contributed by atoms with E-state index in [1.54, 1.807) is 0 Å². The molecule has 4 rings (SSSR count). The lowest BCUT2D eigenvalue weighted by molar-refractivity contribution is -0.145. The van der Waals surface area contributed by atoms with E-state index in [0.717, 1.165) is 30.1 Å². The van der Waals surface area contributed by atoms with E-state index < -0.39 is 0 Å². The number of carbonyl (C=O) groups excluding carboxylic acids is 1. The van der Waals surface area contributed by atoms with Gasteiger partial charge in [0.05, 0.1) is 0 Å². The average molecular weight is 288 g/mol. The Hall–Kier alpha value is -0.330. The van der Waals surface area contributed by atoms with Crippen molar-refractivity contribution in [2.45, 2.75) is 78.6 Å². The van der Waals surface area contributed by atoms with Crippen LogP contribution in [0.4, 0.5) is 0 Å². The molecular weight excluding hydrogens is 256 g/mol. The number of fused-ring (bicyclic) bond motifs is 5. The molecule has 4 aliphatic carbocycles. The second-order valence-electron chi connectivity index (χ2n) is 9.52. The number of carbonyl (C=O) groups is 1. The lowest BCUT2D eigenvalue weighted by Gasteiger charge is -2.60. The summed E-state index contributed by atoms with van der Waals surface area (Å²) in [6.45, 7) is 7.24. The largest absolute Gasteiger partial charge is 0.299 e. The first-order valence-electron chi connectivity index (χ1n) is 9.47. The minimum Gasteiger partial charge on any atom is -0.299 e. The Bertz CT molecular complexity index is 455. The zero-order valence-corrected chi connectivity index (χ0v) is 14.2. The Labute approximate surface area is 130 Å². The van der Waals surface area contributed by atoms with Crippen molar-refractivity contribution < 1.29 is 4.79 Å². The summed E-state index contributed by atoms with van der Waals surface area (Å²) in [5.74, 6) is 4.49. The smallest absolute Gasteiger partial charge is 0.136 e. The van der Waals surface area contributed by atoms with E-state index in [2.05, 4.69) is 20.8 Å². The molecule has 0 heterocycles. The maximum Gasteiger partial charge on any atom is 0.136 e. The summed E-state index contributed by atoms with van der Waals surface area (Å²) < 4.78 is 0. The SMILES string of the molecule is CC1CC2CC[C@@H]3[C@@H](CC[C@]4(C)CCC[C@@H]34)[C@@]2(C)CC1=O. The van der Waals surface area contributed by atoms with Crippen LogP contribution < -0.4 is 0 Å². The summed E-state index contributed by atoms with van der Waals surface area (Å²) in [6, 6.07) is 0. The molecule has 0 aromatic rings. The fraction of sp³-hybridized carbons (Fsp3) is 0.950. The minimum absolute atomic E-state index is 0.333. The number of hydrogen-bond donors (Lipinski definition) is 0. The third-order valence-electron chi connectivity index (χ3n) is 8.59. The molecular formula is C20H32O. The molecule has 0 aromatic carbocycles. The highest BCUT2D eigenvalue weighted by Gasteiger charge is 2.58. The molecule has 2 unspecified atom stereocenters. The molecule has 0 spiro atoms. The van der Waals surface area contributed by atoms with Gasteiger partial charge in [0.2, 0.25) is 0 Å². The molecule has 4 fully saturated rings. The van der Waals surface area contributed by atoms with Gasteiger partial charge in [-0.05, 0) is 79.4 Å². The molecule has 1 heteroatoms. The van der Waals surface area contributed by atoms with Crippen LogP contribution in [0, 0.1) is 40.4 Å². The highest BCUT2D eigenvalue weighted by molar-refractivity contribution is 5.82. The molecule has 0 saturated heterocycles. The maximum absolute atomic E-state index is 12.4. The molecule has 0 radical (unpaired) electrons. The normalized spacial score (nSPS) is 56.5. The van der Waals surface area contributed by atoms with E-state index in [-0.39, 0.29) is 0 Å². The van der Waals surface area contributed by atoms with Gasteiger partial charge in [-0.25, -0.2) is 0 Å².